The van der Waals surface area contributed by atoms with Crippen molar-refractivity contribution in [3.05, 3.63) is 94.0 Å². The Kier molecular flexibility index (Phi) is 10.1. The van der Waals surface area contributed by atoms with E-state index in [1.807, 2.05) is 41.5 Å². The van der Waals surface area contributed by atoms with Crippen LogP contribution in [0.4, 0.5) is 0 Å². The fraction of sp³-hybridized carbons (Fsp3) is 0.303. The third kappa shape index (κ3) is 9.06. The fourth-order valence-electron chi connectivity index (χ4n) is 3.93. The van der Waals surface area contributed by atoms with E-state index in [-0.39, 0.29) is 50.9 Å². The Bertz CT molecular complexity index is 1960. The molecule has 0 aliphatic carbocycles. The van der Waals surface area contributed by atoms with Gasteiger partial charge >= 0.3 is 10.1 Å². The minimum atomic E-state index is -4.37. The van der Waals surface area contributed by atoms with E-state index in [0.29, 0.717) is 21.4 Å². The minimum Gasteiger partial charge on any atom is -0.456 e. The number of hydrogen-bond acceptors (Lipinski definition) is 8. The SMILES string of the molecule is CC(C)(C)COS(=O)(=O)c1ccc2cc(Oc3ccc(C(=O)c4cc(Cl)ccc4Cl)cc3)c(S(=O)(=O)OCC(C)(C)C)cc2c1. The van der Waals surface area contributed by atoms with Gasteiger partial charge in [0.1, 0.15) is 16.4 Å². The molecule has 0 fully saturated rings. The second-order valence-electron chi connectivity index (χ2n) is 12.9. The Hall–Kier alpha value is -2.99. The first-order valence-electron chi connectivity index (χ1n) is 13.9. The number of carbonyl (C=O) groups excluding carboxylic acids is 1. The molecule has 45 heavy (non-hydrogen) atoms. The molecule has 0 aliphatic heterocycles. The number of ketones is 1. The first-order valence-corrected chi connectivity index (χ1v) is 17.5. The molecule has 8 nitrogen and oxygen atoms in total. The minimum absolute atomic E-state index is 0.0308. The van der Waals surface area contributed by atoms with Crippen molar-refractivity contribution in [3.63, 3.8) is 0 Å². The van der Waals surface area contributed by atoms with Crippen molar-refractivity contribution in [2.45, 2.75) is 51.3 Å². The summed E-state index contributed by atoms with van der Waals surface area (Å²) >= 11 is 12.2. The van der Waals surface area contributed by atoms with Crippen LogP contribution in [-0.4, -0.2) is 35.8 Å². The predicted octanol–water partition coefficient (Wildman–Crippen LogP) is 8.67. The van der Waals surface area contributed by atoms with E-state index in [9.17, 15) is 21.6 Å². The lowest BCUT2D eigenvalue weighted by atomic mass is 9.99. The van der Waals surface area contributed by atoms with Crippen molar-refractivity contribution in [2.24, 2.45) is 10.8 Å². The van der Waals surface area contributed by atoms with Crippen LogP contribution >= 0.6 is 23.2 Å². The molecule has 0 atom stereocenters. The van der Waals surface area contributed by atoms with Gasteiger partial charge in [0, 0.05) is 16.1 Å². The maximum atomic E-state index is 13.5. The molecular formula is C33H34Cl2O8S2. The van der Waals surface area contributed by atoms with Gasteiger partial charge < -0.3 is 4.74 Å². The largest absolute Gasteiger partial charge is 0.456 e. The molecule has 0 unspecified atom stereocenters. The van der Waals surface area contributed by atoms with E-state index in [1.54, 1.807) is 12.1 Å². The molecule has 0 N–H and O–H groups in total. The molecule has 240 valence electrons. The topological polar surface area (TPSA) is 113 Å². The highest BCUT2D eigenvalue weighted by Gasteiger charge is 2.27. The van der Waals surface area contributed by atoms with Crippen molar-refractivity contribution in [1.82, 2.24) is 0 Å². The molecule has 0 saturated heterocycles. The Balaban J connectivity index is 1.73. The highest BCUT2D eigenvalue weighted by Crippen LogP contribution is 2.36. The normalized spacial score (nSPS) is 12.8. The van der Waals surface area contributed by atoms with Crippen molar-refractivity contribution >= 4 is 60.0 Å². The number of halogens is 2. The van der Waals surface area contributed by atoms with Gasteiger partial charge in [-0.25, -0.2) is 0 Å². The van der Waals surface area contributed by atoms with Gasteiger partial charge in [-0.1, -0.05) is 70.8 Å². The summed E-state index contributed by atoms with van der Waals surface area (Å²) < 4.78 is 69.4. The molecule has 0 aliphatic rings. The third-order valence-electron chi connectivity index (χ3n) is 6.24. The number of carbonyl (C=O) groups is 1. The highest BCUT2D eigenvalue weighted by atomic mass is 35.5. The van der Waals surface area contributed by atoms with Crippen LogP contribution in [0.15, 0.2) is 82.6 Å². The first-order chi connectivity index (χ1) is 20.7. The monoisotopic (exact) mass is 692 g/mol. The Morgan fingerprint density at radius 2 is 1.29 bits per heavy atom. The zero-order chi connectivity index (χ0) is 33.4. The molecule has 0 amide bonds. The average molecular weight is 694 g/mol. The van der Waals surface area contributed by atoms with E-state index in [0.717, 1.165) is 0 Å². The maximum Gasteiger partial charge on any atom is 0.300 e. The van der Waals surface area contributed by atoms with Gasteiger partial charge in [0.25, 0.3) is 10.1 Å². The predicted molar refractivity (Wildman–Crippen MR) is 176 cm³/mol. The number of benzene rings is 4. The van der Waals surface area contributed by atoms with Crippen LogP contribution in [0, 0.1) is 10.8 Å². The number of fused-ring (bicyclic) bond motifs is 1. The van der Waals surface area contributed by atoms with Gasteiger partial charge in [-0.05, 0) is 88.3 Å². The third-order valence-corrected chi connectivity index (χ3v) is 9.35. The molecule has 0 heterocycles. The van der Waals surface area contributed by atoms with Crippen LogP contribution in [-0.2, 0) is 28.6 Å². The van der Waals surface area contributed by atoms with Gasteiger partial charge in [-0.15, -0.1) is 0 Å². The summed E-state index contributed by atoms with van der Waals surface area (Å²) in [5.74, 6) is -0.158. The van der Waals surface area contributed by atoms with Crippen molar-refractivity contribution in [2.75, 3.05) is 13.2 Å². The zero-order valence-corrected chi connectivity index (χ0v) is 28.8. The van der Waals surface area contributed by atoms with Crippen LogP contribution in [0.5, 0.6) is 11.5 Å². The second kappa shape index (κ2) is 13.0. The van der Waals surface area contributed by atoms with Crippen LogP contribution in [0.25, 0.3) is 10.8 Å². The van der Waals surface area contributed by atoms with Gasteiger partial charge in [0.2, 0.25) is 0 Å². The highest BCUT2D eigenvalue weighted by molar-refractivity contribution is 7.87. The summed E-state index contributed by atoms with van der Waals surface area (Å²) in [7, 11) is -8.48. The molecule has 0 saturated carbocycles. The molecule has 4 aromatic carbocycles. The van der Waals surface area contributed by atoms with Crippen molar-refractivity contribution in [3.8, 4) is 11.5 Å². The smallest absolute Gasteiger partial charge is 0.300 e. The molecule has 12 heteroatoms. The number of rotatable bonds is 10. The summed E-state index contributed by atoms with van der Waals surface area (Å²) in [6.45, 7) is 10.9. The molecule has 0 radical (unpaired) electrons. The lowest BCUT2D eigenvalue weighted by Crippen LogP contribution is -2.19. The summed E-state index contributed by atoms with van der Waals surface area (Å²) in [5, 5.41) is 1.45. The maximum absolute atomic E-state index is 13.5. The van der Waals surface area contributed by atoms with E-state index < -0.39 is 31.1 Å². The lowest BCUT2D eigenvalue weighted by molar-refractivity contribution is 0.103. The van der Waals surface area contributed by atoms with E-state index in [1.165, 1.54) is 60.7 Å². The first kappa shape index (κ1) is 34.9. The van der Waals surface area contributed by atoms with Gasteiger partial charge in [-0.3, -0.25) is 13.2 Å². The van der Waals surface area contributed by atoms with Crippen LogP contribution in [0.3, 0.4) is 0 Å². The van der Waals surface area contributed by atoms with Crippen molar-refractivity contribution in [1.29, 1.82) is 0 Å². The van der Waals surface area contributed by atoms with Crippen LogP contribution < -0.4 is 4.74 Å². The number of hydrogen-bond donors (Lipinski definition) is 0. The summed E-state index contributed by atoms with van der Waals surface area (Å²) in [6, 6.07) is 17.8. The van der Waals surface area contributed by atoms with Gasteiger partial charge in [0.15, 0.2) is 5.78 Å². The van der Waals surface area contributed by atoms with Gasteiger partial charge in [0.05, 0.1) is 23.1 Å². The molecule has 0 aromatic heterocycles. The van der Waals surface area contributed by atoms with E-state index in [2.05, 4.69) is 0 Å². The van der Waals surface area contributed by atoms with Gasteiger partial charge in [-0.2, -0.15) is 16.8 Å². The quantitative estimate of drug-likeness (QED) is 0.120. The summed E-state index contributed by atoms with van der Waals surface area (Å²) in [4.78, 5) is 12.6. The summed E-state index contributed by atoms with van der Waals surface area (Å²) in [5.41, 5.74) is -0.309. The molecule has 0 bridgehead atoms. The fourth-order valence-corrected chi connectivity index (χ4v) is 6.71. The second-order valence-corrected chi connectivity index (χ2v) is 17.0. The molecular weight excluding hydrogens is 659 g/mol. The molecule has 4 rings (SSSR count). The van der Waals surface area contributed by atoms with Crippen LogP contribution in [0.2, 0.25) is 10.0 Å². The summed E-state index contributed by atoms with van der Waals surface area (Å²) in [6.07, 6.45) is 0. The van der Waals surface area contributed by atoms with Crippen LogP contribution in [0.1, 0.15) is 57.5 Å². The molecule has 0 spiro atoms. The zero-order valence-electron chi connectivity index (χ0n) is 25.7. The lowest BCUT2D eigenvalue weighted by Gasteiger charge is -2.19. The Morgan fingerprint density at radius 1 is 0.689 bits per heavy atom. The average Bonchev–Trinajstić information content (AvgIpc) is 2.95. The standard InChI is InChI=1S/C33H34Cl2O8S2/c1-32(2,3)19-41-44(37,38)26-13-9-22-16-29(30(17-23(22)15-26)45(39,40)42-20-33(4,5)6)43-25-11-7-21(8-12-25)31(36)27-18-24(34)10-14-28(27)35/h7-18H,19-20H2,1-6H3. The van der Waals surface area contributed by atoms with Crippen molar-refractivity contribution < 1.29 is 34.7 Å². The Morgan fingerprint density at radius 3 is 1.89 bits per heavy atom. The van der Waals surface area contributed by atoms with E-state index >= 15 is 0 Å². The Labute approximate surface area is 274 Å². The van der Waals surface area contributed by atoms with E-state index in [4.69, 9.17) is 36.3 Å². The molecule has 4 aromatic rings. The number of ether oxygens (including phenoxy) is 1.